The summed E-state index contributed by atoms with van der Waals surface area (Å²) in [5, 5.41) is 9.49. The van der Waals surface area contributed by atoms with Crippen molar-refractivity contribution in [3.8, 4) is 0 Å². The number of halogens is 1. The number of piperidine rings is 1. The molecular formula is C17H21FN2O4. The fourth-order valence-electron chi connectivity index (χ4n) is 3.51. The van der Waals surface area contributed by atoms with E-state index in [4.69, 9.17) is 4.74 Å². The van der Waals surface area contributed by atoms with E-state index < -0.39 is 29.5 Å². The Balaban J connectivity index is 1.91. The molecule has 2 fully saturated rings. The van der Waals surface area contributed by atoms with Crippen molar-refractivity contribution in [3.05, 3.63) is 35.6 Å². The summed E-state index contributed by atoms with van der Waals surface area (Å²) in [6.07, 6.45) is 1.13. The number of aliphatic carboxylic acids is 1. The molecule has 2 saturated heterocycles. The van der Waals surface area contributed by atoms with Crippen LogP contribution in [-0.4, -0.2) is 64.8 Å². The number of hydrogen-bond acceptors (Lipinski definition) is 4. The molecule has 0 saturated carbocycles. The van der Waals surface area contributed by atoms with Gasteiger partial charge in [-0.3, -0.25) is 9.69 Å². The summed E-state index contributed by atoms with van der Waals surface area (Å²) in [7, 11) is 0. The molecular weight excluding hydrogens is 315 g/mol. The van der Waals surface area contributed by atoms with Crippen molar-refractivity contribution in [1.29, 1.82) is 0 Å². The highest BCUT2D eigenvalue weighted by Crippen LogP contribution is 2.38. The van der Waals surface area contributed by atoms with Crippen LogP contribution >= 0.6 is 0 Å². The van der Waals surface area contributed by atoms with Gasteiger partial charge in [0.2, 0.25) is 0 Å². The molecule has 1 aromatic carbocycles. The molecule has 3 rings (SSSR count). The van der Waals surface area contributed by atoms with E-state index >= 15 is 0 Å². The topological polar surface area (TPSA) is 70.1 Å². The average Bonchev–Trinajstić information content (AvgIpc) is 2.95. The lowest BCUT2D eigenvalue weighted by Gasteiger charge is -2.44. The number of carbonyl (C=O) groups excluding carboxylic acids is 1. The Morgan fingerprint density at radius 1 is 1.29 bits per heavy atom. The maximum atomic E-state index is 13.1. The van der Waals surface area contributed by atoms with Gasteiger partial charge in [0.05, 0.1) is 6.61 Å². The molecule has 7 heteroatoms. The van der Waals surface area contributed by atoms with Crippen molar-refractivity contribution in [2.24, 2.45) is 0 Å². The SMILES string of the molecule is CCN1CCC2(CC1)OCC(C(=O)O)N2C(=O)c1ccc(F)cc1. The van der Waals surface area contributed by atoms with Gasteiger partial charge >= 0.3 is 5.97 Å². The lowest BCUT2D eigenvalue weighted by Crippen LogP contribution is -2.58. The molecule has 1 N–H and O–H groups in total. The summed E-state index contributed by atoms with van der Waals surface area (Å²) in [4.78, 5) is 28.1. The predicted octanol–water partition coefficient (Wildman–Crippen LogP) is 1.56. The lowest BCUT2D eigenvalue weighted by molar-refractivity contribution is -0.143. The standard InChI is InChI=1S/C17H21FN2O4/c1-2-19-9-7-17(8-10-19)20(14(11-24-17)16(22)23)15(21)12-3-5-13(18)6-4-12/h3-6,14H,2,7-11H2,1H3,(H,22,23). The summed E-state index contributed by atoms with van der Waals surface area (Å²) in [6.45, 7) is 4.44. The summed E-state index contributed by atoms with van der Waals surface area (Å²) < 4.78 is 19.0. The molecule has 6 nitrogen and oxygen atoms in total. The van der Waals surface area contributed by atoms with Crippen molar-refractivity contribution in [1.82, 2.24) is 9.80 Å². The molecule has 0 bridgehead atoms. The molecule has 1 aromatic rings. The number of likely N-dealkylation sites (tertiary alicyclic amines) is 1. The van der Waals surface area contributed by atoms with Crippen LogP contribution in [0.25, 0.3) is 0 Å². The number of amides is 1. The summed E-state index contributed by atoms with van der Waals surface area (Å²) in [5.41, 5.74) is -0.620. The van der Waals surface area contributed by atoms with Crippen LogP contribution in [0.2, 0.25) is 0 Å². The van der Waals surface area contributed by atoms with Gasteiger partial charge < -0.3 is 14.7 Å². The Morgan fingerprint density at radius 2 is 1.92 bits per heavy atom. The van der Waals surface area contributed by atoms with E-state index in [9.17, 15) is 19.1 Å². The van der Waals surface area contributed by atoms with Crippen molar-refractivity contribution in [2.75, 3.05) is 26.2 Å². The number of carboxylic acids is 1. The van der Waals surface area contributed by atoms with Gasteiger partial charge in [-0.1, -0.05) is 6.92 Å². The quantitative estimate of drug-likeness (QED) is 0.907. The minimum absolute atomic E-state index is 0.0195. The number of hydrogen-bond donors (Lipinski definition) is 1. The van der Waals surface area contributed by atoms with Crippen LogP contribution in [-0.2, 0) is 9.53 Å². The number of rotatable bonds is 3. The van der Waals surface area contributed by atoms with Crippen LogP contribution in [0.4, 0.5) is 4.39 Å². The van der Waals surface area contributed by atoms with E-state index in [0.29, 0.717) is 12.8 Å². The van der Waals surface area contributed by atoms with Gasteiger partial charge in [0.25, 0.3) is 5.91 Å². The predicted molar refractivity (Wildman–Crippen MR) is 84.0 cm³/mol. The van der Waals surface area contributed by atoms with Gasteiger partial charge in [-0.05, 0) is 30.8 Å². The Bertz CT molecular complexity index is 626. The molecule has 2 aliphatic heterocycles. The Labute approximate surface area is 139 Å². The molecule has 24 heavy (non-hydrogen) atoms. The maximum absolute atomic E-state index is 13.1. The number of ether oxygens (including phenoxy) is 1. The lowest BCUT2D eigenvalue weighted by atomic mass is 9.96. The first-order valence-electron chi connectivity index (χ1n) is 8.15. The van der Waals surface area contributed by atoms with Crippen LogP contribution in [0.3, 0.4) is 0 Å². The summed E-state index contributed by atoms with van der Waals surface area (Å²) in [5.74, 6) is -1.95. The third-order valence-corrected chi connectivity index (χ3v) is 4.94. The third kappa shape index (κ3) is 2.89. The molecule has 1 unspecified atom stereocenters. The Kier molecular flexibility index (Phi) is 4.56. The molecule has 2 aliphatic rings. The van der Waals surface area contributed by atoms with Crippen molar-refractivity contribution in [2.45, 2.75) is 31.5 Å². The first-order chi connectivity index (χ1) is 11.5. The van der Waals surface area contributed by atoms with Gasteiger partial charge in [0, 0.05) is 31.5 Å². The molecule has 2 heterocycles. The maximum Gasteiger partial charge on any atom is 0.328 e. The minimum atomic E-state index is -1.08. The fraction of sp³-hybridized carbons (Fsp3) is 0.529. The largest absolute Gasteiger partial charge is 0.480 e. The number of carbonyl (C=O) groups is 2. The molecule has 1 spiro atoms. The zero-order valence-electron chi connectivity index (χ0n) is 13.6. The highest BCUT2D eigenvalue weighted by molar-refractivity contribution is 5.97. The first-order valence-corrected chi connectivity index (χ1v) is 8.15. The van der Waals surface area contributed by atoms with E-state index in [2.05, 4.69) is 11.8 Å². The van der Waals surface area contributed by atoms with Crippen molar-refractivity contribution >= 4 is 11.9 Å². The monoisotopic (exact) mass is 336 g/mol. The number of nitrogens with zero attached hydrogens (tertiary/aromatic N) is 2. The zero-order valence-corrected chi connectivity index (χ0v) is 13.6. The molecule has 0 aromatic heterocycles. The zero-order chi connectivity index (χ0) is 17.3. The molecule has 0 aliphatic carbocycles. The van der Waals surface area contributed by atoms with Crippen LogP contribution in [0.1, 0.15) is 30.1 Å². The second-order valence-corrected chi connectivity index (χ2v) is 6.23. The number of benzene rings is 1. The van der Waals surface area contributed by atoms with Gasteiger partial charge in [0.1, 0.15) is 11.5 Å². The highest BCUT2D eigenvalue weighted by Gasteiger charge is 2.53. The van der Waals surface area contributed by atoms with Crippen molar-refractivity contribution in [3.63, 3.8) is 0 Å². The van der Waals surface area contributed by atoms with Crippen LogP contribution < -0.4 is 0 Å². The van der Waals surface area contributed by atoms with Gasteiger partial charge in [-0.15, -0.1) is 0 Å². The first kappa shape index (κ1) is 16.9. The second kappa shape index (κ2) is 6.49. The highest BCUT2D eigenvalue weighted by atomic mass is 19.1. The van der Waals surface area contributed by atoms with Gasteiger partial charge in [-0.25, -0.2) is 9.18 Å². The molecule has 130 valence electrons. The smallest absolute Gasteiger partial charge is 0.328 e. The Morgan fingerprint density at radius 3 is 2.46 bits per heavy atom. The van der Waals surface area contributed by atoms with Crippen LogP contribution in [0, 0.1) is 5.82 Å². The minimum Gasteiger partial charge on any atom is -0.480 e. The normalized spacial score (nSPS) is 23.6. The fourth-order valence-corrected chi connectivity index (χ4v) is 3.51. The Hall–Kier alpha value is -1.99. The van der Waals surface area contributed by atoms with Crippen LogP contribution in [0.15, 0.2) is 24.3 Å². The summed E-state index contributed by atoms with van der Waals surface area (Å²) in [6, 6.07) is 4.14. The van der Waals surface area contributed by atoms with E-state index in [1.54, 1.807) is 0 Å². The van der Waals surface area contributed by atoms with E-state index in [1.807, 2.05) is 0 Å². The van der Waals surface area contributed by atoms with E-state index in [-0.39, 0.29) is 12.2 Å². The second-order valence-electron chi connectivity index (χ2n) is 6.23. The third-order valence-electron chi connectivity index (χ3n) is 4.94. The van der Waals surface area contributed by atoms with Gasteiger partial charge in [-0.2, -0.15) is 0 Å². The van der Waals surface area contributed by atoms with Crippen LogP contribution in [0.5, 0.6) is 0 Å². The average molecular weight is 336 g/mol. The molecule has 1 amide bonds. The summed E-state index contributed by atoms with van der Waals surface area (Å²) >= 11 is 0. The number of carboxylic acid groups (broad SMARTS) is 1. The molecule has 1 atom stereocenters. The van der Waals surface area contributed by atoms with E-state index in [1.165, 1.54) is 29.2 Å². The van der Waals surface area contributed by atoms with Crippen molar-refractivity contribution < 1.29 is 23.8 Å². The molecule has 0 radical (unpaired) electrons. The van der Waals surface area contributed by atoms with Gasteiger partial charge in [0.15, 0.2) is 6.04 Å². The van der Waals surface area contributed by atoms with E-state index in [0.717, 1.165) is 19.6 Å².